The van der Waals surface area contributed by atoms with E-state index in [9.17, 15) is 13.6 Å². The first kappa shape index (κ1) is 13.6. The van der Waals surface area contributed by atoms with Crippen molar-refractivity contribution in [2.45, 2.75) is 6.42 Å². The quantitative estimate of drug-likeness (QED) is 0.940. The number of amides is 1. The van der Waals surface area contributed by atoms with Crippen LogP contribution in [-0.4, -0.2) is 10.9 Å². The molecule has 0 radical (unpaired) electrons. The summed E-state index contributed by atoms with van der Waals surface area (Å²) in [6.45, 7) is 0. The van der Waals surface area contributed by atoms with E-state index < -0.39 is 17.5 Å². The summed E-state index contributed by atoms with van der Waals surface area (Å²) in [4.78, 5) is 15.6. The average molecular weight is 327 g/mol. The molecule has 0 fully saturated rings. The maximum Gasteiger partial charge on any atom is 0.230 e. The zero-order valence-corrected chi connectivity index (χ0v) is 11.2. The van der Waals surface area contributed by atoms with Crippen LogP contribution in [0.25, 0.3) is 0 Å². The standard InChI is InChI=1S/C13H9BrF2N2O/c14-9-4-5-11(17-7-9)18-12(19)6-8-2-1-3-10(15)13(8)16/h1-5,7H,6H2,(H,17,18,19). The minimum atomic E-state index is -0.999. The summed E-state index contributed by atoms with van der Waals surface area (Å²) in [7, 11) is 0. The molecule has 6 heteroatoms. The van der Waals surface area contributed by atoms with Crippen molar-refractivity contribution >= 4 is 27.7 Å². The lowest BCUT2D eigenvalue weighted by atomic mass is 10.1. The third-order valence-corrected chi connectivity index (χ3v) is 2.85. The molecule has 0 unspecified atom stereocenters. The summed E-state index contributed by atoms with van der Waals surface area (Å²) in [5, 5.41) is 2.50. The highest BCUT2D eigenvalue weighted by Gasteiger charge is 2.12. The number of nitrogens with zero attached hydrogens (tertiary/aromatic N) is 1. The summed E-state index contributed by atoms with van der Waals surface area (Å²) < 4.78 is 27.1. The molecular formula is C13H9BrF2N2O. The van der Waals surface area contributed by atoms with E-state index in [4.69, 9.17) is 0 Å². The van der Waals surface area contributed by atoms with E-state index in [1.807, 2.05) is 0 Å². The highest BCUT2D eigenvalue weighted by molar-refractivity contribution is 9.10. The minimum absolute atomic E-state index is 0.00890. The maximum atomic E-state index is 13.4. The summed E-state index contributed by atoms with van der Waals surface area (Å²) in [5.74, 6) is -2.07. The van der Waals surface area contributed by atoms with Gasteiger partial charge in [-0.25, -0.2) is 13.8 Å². The molecule has 0 aliphatic carbocycles. The monoisotopic (exact) mass is 326 g/mol. The molecule has 1 heterocycles. The fourth-order valence-electron chi connectivity index (χ4n) is 1.49. The average Bonchev–Trinajstić information content (AvgIpc) is 2.38. The predicted molar refractivity (Wildman–Crippen MR) is 70.6 cm³/mol. The molecule has 0 atom stereocenters. The largest absolute Gasteiger partial charge is 0.310 e. The SMILES string of the molecule is O=C(Cc1cccc(F)c1F)Nc1ccc(Br)cn1. The van der Waals surface area contributed by atoms with E-state index in [2.05, 4.69) is 26.2 Å². The van der Waals surface area contributed by atoms with Crippen LogP contribution in [0.2, 0.25) is 0 Å². The second-order valence-electron chi connectivity index (χ2n) is 3.80. The van der Waals surface area contributed by atoms with Gasteiger partial charge in [0.25, 0.3) is 0 Å². The van der Waals surface area contributed by atoms with Gasteiger partial charge in [-0.15, -0.1) is 0 Å². The van der Waals surface area contributed by atoms with Crippen molar-refractivity contribution in [2.75, 3.05) is 5.32 Å². The number of hydrogen-bond acceptors (Lipinski definition) is 2. The van der Waals surface area contributed by atoms with Crippen molar-refractivity contribution in [3.05, 3.63) is 58.2 Å². The molecule has 0 saturated heterocycles. The third kappa shape index (κ3) is 3.57. The number of rotatable bonds is 3. The maximum absolute atomic E-state index is 13.4. The Morgan fingerprint density at radius 1 is 1.26 bits per heavy atom. The zero-order valence-electron chi connectivity index (χ0n) is 9.66. The summed E-state index contributed by atoms with van der Waals surface area (Å²) in [6.07, 6.45) is 1.28. The number of pyridine rings is 1. The fourth-order valence-corrected chi connectivity index (χ4v) is 1.73. The minimum Gasteiger partial charge on any atom is -0.310 e. The van der Waals surface area contributed by atoms with Gasteiger partial charge < -0.3 is 5.32 Å². The van der Waals surface area contributed by atoms with E-state index in [0.29, 0.717) is 5.82 Å². The molecule has 0 saturated carbocycles. The third-order valence-electron chi connectivity index (χ3n) is 2.38. The topological polar surface area (TPSA) is 42.0 Å². The van der Waals surface area contributed by atoms with E-state index in [1.165, 1.54) is 18.3 Å². The summed E-state index contributed by atoms with van der Waals surface area (Å²) >= 11 is 3.22. The lowest BCUT2D eigenvalue weighted by molar-refractivity contribution is -0.115. The van der Waals surface area contributed by atoms with Crippen molar-refractivity contribution in [1.29, 1.82) is 0 Å². The van der Waals surface area contributed by atoms with Crippen LogP contribution >= 0.6 is 15.9 Å². The van der Waals surface area contributed by atoms with Crippen LogP contribution in [0.3, 0.4) is 0 Å². The highest BCUT2D eigenvalue weighted by Crippen LogP contribution is 2.14. The molecule has 2 rings (SSSR count). The Balaban J connectivity index is 2.05. The molecule has 1 aromatic carbocycles. The number of carbonyl (C=O) groups excluding carboxylic acids is 1. The Morgan fingerprint density at radius 2 is 2.05 bits per heavy atom. The Kier molecular flexibility index (Phi) is 4.21. The van der Waals surface area contributed by atoms with Crippen LogP contribution in [-0.2, 0) is 11.2 Å². The lowest BCUT2D eigenvalue weighted by Gasteiger charge is -2.05. The zero-order chi connectivity index (χ0) is 13.8. The van der Waals surface area contributed by atoms with Crippen molar-refractivity contribution in [2.24, 2.45) is 0 Å². The van der Waals surface area contributed by atoms with Crippen LogP contribution in [0.4, 0.5) is 14.6 Å². The van der Waals surface area contributed by atoms with Gasteiger partial charge in [-0.1, -0.05) is 12.1 Å². The fraction of sp³-hybridized carbons (Fsp3) is 0.0769. The number of carbonyl (C=O) groups is 1. The second-order valence-corrected chi connectivity index (χ2v) is 4.72. The van der Waals surface area contributed by atoms with Gasteiger partial charge in [0, 0.05) is 16.2 Å². The molecule has 0 aliphatic rings. The molecule has 98 valence electrons. The molecule has 1 amide bonds. The van der Waals surface area contributed by atoms with Crippen LogP contribution in [0.1, 0.15) is 5.56 Å². The van der Waals surface area contributed by atoms with Gasteiger partial charge in [-0.2, -0.15) is 0 Å². The Hall–Kier alpha value is -1.82. The van der Waals surface area contributed by atoms with Gasteiger partial charge >= 0.3 is 0 Å². The van der Waals surface area contributed by atoms with Crippen LogP contribution < -0.4 is 5.32 Å². The molecule has 0 aliphatic heterocycles. The summed E-state index contributed by atoms with van der Waals surface area (Å²) in [6, 6.07) is 7.05. The number of aromatic nitrogens is 1. The number of nitrogens with one attached hydrogen (secondary N) is 1. The first-order valence-electron chi connectivity index (χ1n) is 5.40. The smallest absolute Gasteiger partial charge is 0.230 e. The van der Waals surface area contributed by atoms with E-state index in [0.717, 1.165) is 10.5 Å². The molecule has 2 aromatic rings. The Labute approximate surface area is 116 Å². The van der Waals surface area contributed by atoms with Crippen molar-refractivity contribution in [1.82, 2.24) is 4.98 Å². The predicted octanol–water partition coefficient (Wildman–Crippen LogP) is 3.30. The molecular weight excluding hydrogens is 318 g/mol. The van der Waals surface area contributed by atoms with Gasteiger partial charge in [-0.05, 0) is 34.1 Å². The highest BCUT2D eigenvalue weighted by atomic mass is 79.9. The van der Waals surface area contributed by atoms with Gasteiger partial charge in [-0.3, -0.25) is 4.79 Å². The normalized spacial score (nSPS) is 10.3. The van der Waals surface area contributed by atoms with E-state index >= 15 is 0 Å². The van der Waals surface area contributed by atoms with E-state index in [-0.39, 0.29) is 12.0 Å². The first-order valence-corrected chi connectivity index (χ1v) is 6.20. The first-order chi connectivity index (χ1) is 9.06. The molecule has 19 heavy (non-hydrogen) atoms. The van der Waals surface area contributed by atoms with Crippen LogP contribution in [0.5, 0.6) is 0 Å². The molecule has 0 bridgehead atoms. The molecule has 1 N–H and O–H groups in total. The number of benzene rings is 1. The van der Waals surface area contributed by atoms with Gasteiger partial charge in [0.2, 0.25) is 5.91 Å². The van der Waals surface area contributed by atoms with Gasteiger partial charge in [0.15, 0.2) is 11.6 Å². The van der Waals surface area contributed by atoms with Crippen molar-refractivity contribution < 1.29 is 13.6 Å². The number of anilines is 1. The molecule has 1 aromatic heterocycles. The lowest BCUT2D eigenvalue weighted by Crippen LogP contribution is -2.16. The molecule has 0 spiro atoms. The van der Waals surface area contributed by atoms with Gasteiger partial charge in [0.1, 0.15) is 5.82 Å². The van der Waals surface area contributed by atoms with Crippen molar-refractivity contribution in [3.8, 4) is 0 Å². The number of hydrogen-bond donors (Lipinski definition) is 1. The number of halogens is 3. The van der Waals surface area contributed by atoms with Crippen LogP contribution in [0.15, 0.2) is 41.0 Å². The van der Waals surface area contributed by atoms with Crippen LogP contribution in [0, 0.1) is 11.6 Å². The van der Waals surface area contributed by atoms with Crippen molar-refractivity contribution in [3.63, 3.8) is 0 Å². The van der Waals surface area contributed by atoms with E-state index in [1.54, 1.807) is 12.1 Å². The summed E-state index contributed by atoms with van der Waals surface area (Å²) in [5.41, 5.74) is 0.00890. The molecule has 3 nitrogen and oxygen atoms in total. The Morgan fingerprint density at radius 3 is 2.74 bits per heavy atom. The second kappa shape index (κ2) is 5.88. The Bertz CT molecular complexity index is 602. The van der Waals surface area contributed by atoms with Gasteiger partial charge in [0.05, 0.1) is 6.42 Å².